The molecule has 1 unspecified atom stereocenters. The molecule has 2 N–H and O–H groups in total. The third-order valence-electron chi connectivity index (χ3n) is 6.24. The molecule has 6 nitrogen and oxygen atoms in total. The van der Waals surface area contributed by atoms with Crippen LogP contribution in [0.1, 0.15) is 52.9 Å². The lowest BCUT2D eigenvalue weighted by atomic mass is 10.0. The Morgan fingerprint density at radius 3 is 2.48 bits per heavy atom. The fourth-order valence-corrected chi connectivity index (χ4v) is 4.56. The normalized spacial score (nSPS) is 26.2. The molecule has 1 saturated carbocycles. The third kappa shape index (κ3) is 6.72. The molecule has 2 aliphatic heterocycles. The molecule has 27 heavy (non-hydrogen) atoms. The molecule has 7 heteroatoms. The molecule has 3 fully saturated rings. The SMILES string of the molecule is CCNC(=NCC(C)(C)N1CCOCC1)NC1CCN(C2CCCC2)C1.I. The summed E-state index contributed by atoms with van der Waals surface area (Å²) in [7, 11) is 0. The van der Waals surface area contributed by atoms with E-state index in [0.29, 0.717) is 6.04 Å². The molecule has 3 rings (SSSR count). The van der Waals surface area contributed by atoms with Crippen LogP contribution in [0.2, 0.25) is 0 Å². The quantitative estimate of drug-likeness (QED) is 0.338. The van der Waals surface area contributed by atoms with Crippen LogP contribution in [0, 0.1) is 0 Å². The number of nitrogens with one attached hydrogen (secondary N) is 2. The van der Waals surface area contributed by atoms with Crippen LogP contribution in [0.3, 0.4) is 0 Å². The van der Waals surface area contributed by atoms with Crippen molar-refractivity contribution < 1.29 is 4.74 Å². The van der Waals surface area contributed by atoms with E-state index in [4.69, 9.17) is 9.73 Å². The topological polar surface area (TPSA) is 52.1 Å². The Kier molecular flexibility index (Phi) is 9.58. The van der Waals surface area contributed by atoms with Crippen LogP contribution in [-0.2, 0) is 4.74 Å². The summed E-state index contributed by atoms with van der Waals surface area (Å²) in [6, 6.07) is 1.36. The van der Waals surface area contributed by atoms with E-state index in [1.165, 1.54) is 45.2 Å². The molecule has 2 heterocycles. The third-order valence-corrected chi connectivity index (χ3v) is 6.24. The van der Waals surface area contributed by atoms with Crippen LogP contribution < -0.4 is 10.6 Å². The monoisotopic (exact) mass is 493 g/mol. The Morgan fingerprint density at radius 2 is 1.81 bits per heavy atom. The highest BCUT2D eigenvalue weighted by atomic mass is 127. The van der Waals surface area contributed by atoms with E-state index in [1.54, 1.807) is 0 Å². The Balaban J connectivity index is 0.00000261. The van der Waals surface area contributed by atoms with Crippen molar-refractivity contribution >= 4 is 29.9 Å². The number of hydrogen-bond acceptors (Lipinski definition) is 4. The van der Waals surface area contributed by atoms with Gasteiger partial charge in [0.1, 0.15) is 0 Å². The summed E-state index contributed by atoms with van der Waals surface area (Å²) in [5.74, 6) is 0.979. The van der Waals surface area contributed by atoms with Crippen molar-refractivity contribution in [3.8, 4) is 0 Å². The van der Waals surface area contributed by atoms with Gasteiger partial charge >= 0.3 is 0 Å². The lowest BCUT2D eigenvalue weighted by molar-refractivity contribution is -0.00684. The summed E-state index contributed by atoms with van der Waals surface area (Å²) in [6.45, 7) is 14.5. The van der Waals surface area contributed by atoms with E-state index in [2.05, 4.69) is 41.2 Å². The van der Waals surface area contributed by atoms with Crippen LogP contribution in [0.25, 0.3) is 0 Å². The van der Waals surface area contributed by atoms with Crippen LogP contribution in [0.4, 0.5) is 0 Å². The molecule has 158 valence electrons. The average molecular weight is 493 g/mol. The van der Waals surface area contributed by atoms with Crippen LogP contribution in [-0.4, -0.2) is 85.9 Å². The van der Waals surface area contributed by atoms with Crippen LogP contribution in [0.5, 0.6) is 0 Å². The number of likely N-dealkylation sites (tertiary alicyclic amines) is 1. The zero-order valence-corrected chi connectivity index (χ0v) is 19.8. The van der Waals surface area contributed by atoms with Gasteiger partial charge in [-0.3, -0.25) is 14.8 Å². The van der Waals surface area contributed by atoms with Crippen LogP contribution >= 0.6 is 24.0 Å². The number of rotatable bonds is 6. The largest absolute Gasteiger partial charge is 0.379 e. The molecule has 0 radical (unpaired) electrons. The molecule has 0 amide bonds. The van der Waals surface area contributed by atoms with Crippen molar-refractivity contribution in [2.24, 2.45) is 4.99 Å². The summed E-state index contributed by atoms with van der Waals surface area (Å²) in [5.41, 5.74) is 0.0672. The van der Waals surface area contributed by atoms with Gasteiger partial charge in [0.25, 0.3) is 0 Å². The molecule has 0 spiro atoms. The van der Waals surface area contributed by atoms with Crippen molar-refractivity contribution in [1.29, 1.82) is 0 Å². The van der Waals surface area contributed by atoms with Gasteiger partial charge in [-0.25, -0.2) is 0 Å². The molecule has 0 bridgehead atoms. The zero-order chi connectivity index (χ0) is 18.4. The summed E-state index contributed by atoms with van der Waals surface area (Å²) in [6.07, 6.45) is 6.86. The smallest absolute Gasteiger partial charge is 0.191 e. The average Bonchev–Trinajstić information content (AvgIpc) is 3.32. The second kappa shape index (κ2) is 11.2. The second-order valence-corrected chi connectivity index (χ2v) is 8.67. The predicted octanol–water partition coefficient (Wildman–Crippen LogP) is 2.29. The maximum absolute atomic E-state index is 5.49. The van der Waals surface area contributed by atoms with E-state index in [0.717, 1.165) is 51.4 Å². The lowest BCUT2D eigenvalue weighted by Crippen LogP contribution is -2.52. The Labute approximate surface area is 182 Å². The first-order valence-electron chi connectivity index (χ1n) is 10.7. The fourth-order valence-electron chi connectivity index (χ4n) is 4.56. The van der Waals surface area contributed by atoms with Gasteiger partial charge in [0.2, 0.25) is 0 Å². The highest BCUT2D eigenvalue weighted by Gasteiger charge is 2.31. The van der Waals surface area contributed by atoms with Gasteiger partial charge in [0.15, 0.2) is 5.96 Å². The molecule has 1 atom stereocenters. The summed E-state index contributed by atoms with van der Waals surface area (Å²) in [4.78, 5) is 10.1. The highest BCUT2D eigenvalue weighted by molar-refractivity contribution is 14.0. The van der Waals surface area contributed by atoms with Gasteiger partial charge in [-0.1, -0.05) is 12.8 Å². The number of hydrogen-bond donors (Lipinski definition) is 2. The lowest BCUT2D eigenvalue weighted by Gasteiger charge is -2.40. The molecule has 0 aromatic heterocycles. The van der Waals surface area contributed by atoms with E-state index in [-0.39, 0.29) is 29.5 Å². The Hall–Kier alpha value is -0.120. The zero-order valence-electron chi connectivity index (χ0n) is 17.5. The van der Waals surface area contributed by atoms with Crippen LogP contribution in [0.15, 0.2) is 4.99 Å². The molecular formula is C20H40IN5O. The van der Waals surface area contributed by atoms with E-state index in [1.807, 2.05) is 0 Å². The van der Waals surface area contributed by atoms with Gasteiger partial charge in [-0.05, 0) is 40.0 Å². The highest BCUT2D eigenvalue weighted by Crippen LogP contribution is 2.26. The number of nitrogens with zero attached hydrogens (tertiary/aromatic N) is 3. The van der Waals surface area contributed by atoms with Gasteiger partial charge in [0.05, 0.1) is 19.8 Å². The van der Waals surface area contributed by atoms with Crippen molar-refractivity contribution in [1.82, 2.24) is 20.4 Å². The fraction of sp³-hybridized carbons (Fsp3) is 0.950. The van der Waals surface area contributed by atoms with Gasteiger partial charge in [-0.15, -0.1) is 24.0 Å². The first kappa shape index (κ1) is 23.2. The van der Waals surface area contributed by atoms with E-state index < -0.39 is 0 Å². The number of guanidine groups is 1. The first-order valence-corrected chi connectivity index (χ1v) is 10.7. The molecule has 3 aliphatic rings. The number of halogens is 1. The standard InChI is InChI=1S/C20H39N5O.HI/c1-4-21-19(22-16-20(2,3)25-11-13-26-14-12-25)23-17-9-10-24(15-17)18-7-5-6-8-18;/h17-18H,4-16H2,1-3H3,(H2,21,22,23);1H. The molecular weight excluding hydrogens is 453 g/mol. The Morgan fingerprint density at radius 1 is 1.11 bits per heavy atom. The van der Waals surface area contributed by atoms with E-state index in [9.17, 15) is 0 Å². The summed E-state index contributed by atoms with van der Waals surface area (Å²) >= 11 is 0. The number of aliphatic imine (C=N–C) groups is 1. The molecule has 0 aromatic carbocycles. The first-order chi connectivity index (χ1) is 12.6. The maximum atomic E-state index is 5.49. The van der Waals surface area contributed by atoms with Gasteiger partial charge in [-0.2, -0.15) is 0 Å². The number of ether oxygens (including phenoxy) is 1. The van der Waals surface area contributed by atoms with Gasteiger partial charge < -0.3 is 15.4 Å². The summed E-state index contributed by atoms with van der Waals surface area (Å²) in [5, 5.41) is 7.15. The number of morpholine rings is 1. The van der Waals surface area contributed by atoms with Crippen molar-refractivity contribution in [3.05, 3.63) is 0 Å². The second-order valence-electron chi connectivity index (χ2n) is 8.67. The minimum atomic E-state index is 0. The molecule has 0 aromatic rings. The van der Waals surface area contributed by atoms with Gasteiger partial charge in [0, 0.05) is 50.3 Å². The summed E-state index contributed by atoms with van der Waals surface area (Å²) < 4.78 is 5.49. The minimum absolute atomic E-state index is 0. The van der Waals surface area contributed by atoms with Crippen molar-refractivity contribution in [3.63, 3.8) is 0 Å². The molecule has 1 aliphatic carbocycles. The van der Waals surface area contributed by atoms with Crippen molar-refractivity contribution in [2.45, 2.75) is 70.5 Å². The van der Waals surface area contributed by atoms with E-state index >= 15 is 0 Å². The van der Waals surface area contributed by atoms with Crippen molar-refractivity contribution in [2.75, 3.05) is 52.5 Å². The molecule has 2 saturated heterocycles. The minimum Gasteiger partial charge on any atom is -0.379 e. The predicted molar refractivity (Wildman–Crippen MR) is 123 cm³/mol. The maximum Gasteiger partial charge on any atom is 0.191 e. The Bertz CT molecular complexity index is 461.